The molecule has 0 radical (unpaired) electrons. The van der Waals surface area contributed by atoms with Gasteiger partial charge in [0, 0.05) is 13.0 Å². The van der Waals surface area contributed by atoms with Gasteiger partial charge in [0.1, 0.15) is 11.6 Å². The molecule has 18 heavy (non-hydrogen) atoms. The zero-order valence-corrected chi connectivity index (χ0v) is 10.2. The number of carbonyl (C=O) groups is 1. The first kappa shape index (κ1) is 14.4. The Labute approximate surface area is 108 Å². The fourth-order valence-corrected chi connectivity index (χ4v) is 1.47. The van der Waals surface area contributed by atoms with Crippen LogP contribution in [0.2, 0.25) is 5.02 Å². The molecule has 0 aliphatic heterocycles. The summed E-state index contributed by atoms with van der Waals surface area (Å²) in [5, 5.41) is 10.4. The second-order valence-electron chi connectivity index (χ2n) is 3.62. The summed E-state index contributed by atoms with van der Waals surface area (Å²) < 4.78 is 26.4. The van der Waals surface area contributed by atoms with Gasteiger partial charge >= 0.3 is 0 Å². The Hall–Kier alpha value is -1.67. The third kappa shape index (κ3) is 3.97. The number of nitrogens with one attached hydrogen (secondary N) is 1. The number of halogens is 3. The van der Waals surface area contributed by atoms with Crippen LogP contribution in [0.5, 0.6) is 0 Å². The molecule has 0 spiro atoms. The van der Waals surface area contributed by atoms with Crippen LogP contribution in [0.4, 0.5) is 8.78 Å². The maximum Gasteiger partial charge on any atom is 0.254 e. The molecule has 0 saturated carbocycles. The topological polar surface area (TPSA) is 52.9 Å². The van der Waals surface area contributed by atoms with Crippen molar-refractivity contribution in [1.29, 1.82) is 5.26 Å². The van der Waals surface area contributed by atoms with Crippen LogP contribution in [0, 0.1) is 23.0 Å². The molecule has 1 aromatic carbocycles. The van der Waals surface area contributed by atoms with Crippen molar-refractivity contribution in [3.63, 3.8) is 0 Å². The number of nitrogens with zero attached hydrogens (tertiary/aromatic N) is 1. The number of rotatable bonds is 5. The lowest BCUT2D eigenvalue weighted by atomic mass is 10.2. The SMILES string of the molecule is N#CCCCCNC(=O)c1cc(F)c(Cl)cc1F. The first-order valence-corrected chi connectivity index (χ1v) is 5.73. The van der Waals surface area contributed by atoms with Crippen molar-refractivity contribution in [1.82, 2.24) is 5.32 Å². The number of hydrogen-bond acceptors (Lipinski definition) is 2. The molecule has 0 aromatic heterocycles. The Kier molecular flexibility index (Phi) is 5.53. The van der Waals surface area contributed by atoms with Crippen molar-refractivity contribution in [2.75, 3.05) is 6.54 Å². The molecule has 0 aliphatic rings. The van der Waals surface area contributed by atoms with Gasteiger partial charge in [0.25, 0.3) is 5.91 Å². The molecule has 6 heteroatoms. The number of carbonyl (C=O) groups excluding carboxylic acids is 1. The molecule has 0 atom stereocenters. The third-order valence-corrected chi connectivity index (χ3v) is 2.55. The van der Waals surface area contributed by atoms with Crippen LogP contribution in [0.3, 0.4) is 0 Å². The van der Waals surface area contributed by atoms with E-state index in [-0.39, 0.29) is 10.6 Å². The lowest BCUT2D eigenvalue weighted by Crippen LogP contribution is -2.25. The first-order chi connectivity index (χ1) is 8.56. The summed E-state index contributed by atoms with van der Waals surface area (Å²) in [7, 11) is 0. The third-order valence-electron chi connectivity index (χ3n) is 2.26. The van der Waals surface area contributed by atoms with Crippen LogP contribution in [0.1, 0.15) is 29.6 Å². The molecule has 0 heterocycles. The van der Waals surface area contributed by atoms with Crippen LogP contribution in [0.15, 0.2) is 12.1 Å². The minimum atomic E-state index is -0.865. The van der Waals surface area contributed by atoms with E-state index in [0.29, 0.717) is 25.8 Å². The molecule has 1 aromatic rings. The summed E-state index contributed by atoms with van der Waals surface area (Å²) in [6.45, 7) is 0.310. The van der Waals surface area contributed by atoms with Gasteiger partial charge in [-0.15, -0.1) is 0 Å². The molecule has 1 amide bonds. The quantitative estimate of drug-likeness (QED) is 0.662. The normalized spacial score (nSPS) is 9.89. The average molecular weight is 273 g/mol. The maximum absolute atomic E-state index is 13.4. The Morgan fingerprint density at radius 1 is 1.33 bits per heavy atom. The lowest BCUT2D eigenvalue weighted by Gasteiger charge is -2.06. The second kappa shape index (κ2) is 6.92. The number of hydrogen-bond donors (Lipinski definition) is 1. The highest BCUT2D eigenvalue weighted by molar-refractivity contribution is 6.30. The largest absolute Gasteiger partial charge is 0.352 e. The van der Waals surface area contributed by atoms with Gasteiger partial charge < -0.3 is 5.32 Å². The van der Waals surface area contributed by atoms with E-state index in [9.17, 15) is 13.6 Å². The van der Waals surface area contributed by atoms with Gasteiger partial charge in [-0.3, -0.25) is 4.79 Å². The first-order valence-electron chi connectivity index (χ1n) is 5.36. The van der Waals surface area contributed by atoms with Crippen molar-refractivity contribution in [3.05, 3.63) is 34.4 Å². The van der Waals surface area contributed by atoms with E-state index >= 15 is 0 Å². The van der Waals surface area contributed by atoms with Gasteiger partial charge in [0.2, 0.25) is 0 Å². The number of unbranched alkanes of at least 4 members (excludes halogenated alkanes) is 2. The van der Waals surface area contributed by atoms with E-state index in [1.165, 1.54) is 0 Å². The van der Waals surface area contributed by atoms with Crippen LogP contribution >= 0.6 is 11.6 Å². The van der Waals surface area contributed by atoms with Crippen molar-refractivity contribution in [3.8, 4) is 6.07 Å². The lowest BCUT2D eigenvalue weighted by molar-refractivity contribution is 0.0948. The zero-order valence-electron chi connectivity index (χ0n) is 9.47. The van der Waals surface area contributed by atoms with E-state index in [1.807, 2.05) is 6.07 Å². The van der Waals surface area contributed by atoms with E-state index < -0.39 is 17.5 Å². The van der Waals surface area contributed by atoms with Crippen molar-refractivity contribution >= 4 is 17.5 Å². The fraction of sp³-hybridized carbons (Fsp3) is 0.333. The van der Waals surface area contributed by atoms with Crippen LogP contribution in [0.25, 0.3) is 0 Å². The predicted molar refractivity (Wildman–Crippen MR) is 63.2 cm³/mol. The number of benzene rings is 1. The van der Waals surface area contributed by atoms with Crippen molar-refractivity contribution < 1.29 is 13.6 Å². The van der Waals surface area contributed by atoms with E-state index in [0.717, 1.165) is 12.1 Å². The van der Waals surface area contributed by atoms with Crippen molar-refractivity contribution in [2.24, 2.45) is 0 Å². The van der Waals surface area contributed by atoms with Crippen LogP contribution in [-0.4, -0.2) is 12.5 Å². The molecule has 0 saturated heterocycles. The fourth-order valence-electron chi connectivity index (χ4n) is 1.32. The highest BCUT2D eigenvalue weighted by Crippen LogP contribution is 2.19. The molecule has 1 rings (SSSR count). The average Bonchev–Trinajstić information content (AvgIpc) is 2.33. The Balaban J connectivity index is 2.57. The van der Waals surface area contributed by atoms with E-state index in [4.69, 9.17) is 16.9 Å². The predicted octanol–water partition coefficient (Wildman–Crippen LogP) is 3.04. The summed E-state index contributed by atoms with van der Waals surface area (Å²) in [5.74, 6) is -2.40. The van der Waals surface area contributed by atoms with Crippen molar-refractivity contribution in [2.45, 2.75) is 19.3 Å². The summed E-state index contributed by atoms with van der Waals surface area (Å²) in [5.41, 5.74) is -0.378. The smallest absolute Gasteiger partial charge is 0.254 e. The van der Waals surface area contributed by atoms with Gasteiger partial charge in [0.15, 0.2) is 0 Å². The second-order valence-corrected chi connectivity index (χ2v) is 4.02. The summed E-state index contributed by atoms with van der Waals surface area (Å²) in [6, 6.07) is 3.50. The van der Waals surface area contributed by atoms with Gasteiger partial charge in [-0.1, -0.05) is 11.6 Å². The Morgan fingerprint density at radius 2 is 2.06 bits per heavy atom. The number of nitriles is 1. The van der Waals surface area contributed by atoms with E-state index in [2.05, 4.69) is 5.32 Å². The van der Waals surface area contributed by atoms with Crippen LogP contribution < -0.4 is 5.32 Å². The summed E-state index contributed by atoms with van der Waals surface area (Å²) >= 11 is 5.37. The molecule has 0 fully saturated rings. The van der Waals surface area contributed by atoms with Gasteiger partial charge in [0.05, 0.1) is 16.7 Å². The molecule has 0 aliphatic carbocycles. The minimum Gasteiger partial charge on any atom is -0.352 e. The highest BCUT2D eigenvalue weighted by Gasteiger charge is 2.14. The molecular formula is C12H11ClF2N2O. The molecule has 3 nitrogen and oxygen atoms in total. The monoisotopic (exact) mass is 272 g/mol. The standard InChI is InChI=1S/C12H11ClF2N2O/c13-9-7-10(14)8(6-11(9)15)12(18)17-5-3-1-2-4-16/h6-7H,1-3,5H2,(H,17,18). The maximum atomic E-state index is 13.4. The van der Waals surface area contributed by atoms with Gasteiger partial charge in [-0.05, 0) is 25.0 Å². The summed E-state index contributed by atoms with van der Waals surface area (Å²) in [4.78, 5) is 11.5. The van der Waals surface area contributed by atoms with Gasteiger partial charge in [-0.2, -0.15) is 5.26 Å². The zero-order chi connectivity index (χ0) is 13.5. The molecule has 1 N–H and O–H groups in total. The van der Waals surface area contributed by atoms with Gasteiger partial charge in [-0.25, -0.2) is 8.78 Å². The Morgan fingerprint density at radius 3 is 2.72 bits per heavy atom. The van der Waals surface area contributed by atoms with E-state index in [1.54, 1.807) is 0 Å². The van der Waals surface area contributed by atoms with Crippen LogP contribution in [-0.2, 0) is 0 Å². The molecule has 0 unspecified atom stereocenters. The highest BCUT2D eigenvalue weighted by atomic mass is 35.5. The number of amides is 1. The molecule has 96 valence electrons. The Bertz CT molecular complexity index is 486. The molecular weight excluding hydrogens is 262 g/mol. The molecule has 0 bridgehead atoms. The summed E-state index contributed by atoms with van der Waals surface area (Å²) in [6.07, 6.45) is 1.66. The minimum absolute atomic E-state index is 0.310.